The first kappa shape index (κ1) is 31.0. The standard InChI is InChI=1S/C31H46N2O5/c1-7-10-11-12-13-14-19-37-30(35)25-17-16-24(21-29(25)34)38-22-27(32-36)23-15-18-28(33(8-2)9-3)26(20-23)31(4,5)6/h15-18,20-21,34,36H,7-14,19,22H2,1-6H3. The maximum atomic E-state index is 12.4. The Kier molecular flexibility index (Phi) is 12.4. The Labute approximate surface area is 228 Å². The van der Waals surface area contributed by atoms with Gasteiger partial charge in [0.05, 0.1) is 6.61 Å². The monoisotopic (exact) mass is 526 g/mol. The molecule has 0 aromatic heterocycles. The Bertz CT molecular complexity index is 1050. The molecular formula is C31H46N2O5. The smallest absolute Gasteiger partial charge is 0.341 e. The molecule has 0 saturated carbocycles. The molecule has 0 aliphatic heterocycles. The van der Waals surface area contributed by atoms with E-state index in [1.54, 1.807) is 6.07 Å². The van der Waals surface area contributed by atoms with Crippen molar-refractivity contribution in [1.29, 1.82) is 0 Å². The zero-order valence-electron chi connectivity index (χ0n) is 24.0. The van der Waals surface area contributed by atoms with Gasteiger partial charge in [-0.3, -0.25) is 0 Å². The van der Waals surface area contributed by atoms with Gasteiger partial charge in [0.1, 0.15) is 29.4 Å². The summed E-state index contributed by atoms with van der Waals surface area (Å²) in [5.74, 6) is -0.410. The van der Waals surface area contributed by atoms with Crippen LogP contribution >= 0.6 is 0 Å². The number of nitrogens with zero attached hydrogens (tertiary/aromatic N) is 2. The predicted molar refractivity (Wildman–Crippen MR) is 154 cm³/mol. The van der Waals surface area contributed by atoms with Crippen LogP contribution in [0.15, 0.2) is 41.6 Å². The van der Waals surface area contributed by atoms with Crippen LogP contribution in [-0.4, -0.2) is 48.3 Å². The molecule has 0 aliphatic rings. The van der Waals surface area contributed by atoms with Crippen molar-refractivity contribution in [3.8, 4) is 11.5 Å². The number of phenols is 1. The maximum Gasteiger partial charge on any atom is 0.341 e. The minimum Gasteiger partial charge on any atom is -0.507 e. The highest BCUT2D eigenvalue weighted by Crippen LogP contribution is 2.33. The van der Waals surface area contributed by atoms with E-state index in [1.807, 2.05) is 12.1 Å². The molecule has 2 aromatic rings. The Hall–Kier alpha value is -3.22. The highest BCUT2D eigenvalue weighted by Gasteiger charge is 2.22. The highest BCUT2D eigenvalue weighted by molar-refractivity contribution is 6.02. The van der Waals surface area contributed by atoms with Crippen LogP contribution in [0.3, 0.4) is 0 Å². The average molecular weight is 527 g/mol. The molecule has 0 unspecified atom stereocenters. The topological polar surface area (TPSA) is 91.6 Å². The van der Waals surface area contributed by atoms with Crippen LogP contribution in [0, 0.1) is 0 Å². The van der Waals surface area contributed by atoms with E-state index in [9.17, 15) is 15.1 Å². The third-order valence-corrected chi connectivity index (χ3v) is 6.66. The molecule has 0 heterocycles. The molecule has 0 radical (unpaired) electrons. The normalized spacial score (nSPS) is 11.9. The molecule has 210 valence electrons. The van der Waals surface area contributed by atoms with Crippen LogP contribution in [0.5, 0.6) is 11.5 Å². The van der Waals surface area contributed by atoms with E-state index in [0.29, 0.717) is 18.1 Å². The lowest BCUT2D eigenvalue weighted by molar-refractivity contribution is 0.0494. The van der Waals surface area contributed by atoms with E-state index in [2.05, 4.69) is 57.7 Å². The number of unbranched alkanes of at least 4 members (excludes halogenated alkanes) is 5. The third-order valence-electron chi connectivity index (χ3n) is 6.66. The summed E-state index contributed by atoms with van der Waals surface area (Å²) in [5, 5.41) is 23.6. The van der Waals surface area contributed by atoms with E-state index in [-0.39, 0.29) is 23.3 Å². The second-order valence-corrected chi connectivity index (χ2v) is 10.6. The summed E-state index contributed by atoms with van der Waals surface area (Å²) in [5.41, 5.74) is 3.42. The Morgan fingerprint density at radius 2 is 1.63 bits per heavy atom. The lowest BCUT2D eigenvalue weighted by atomic mass is 9.84. The van der Waals surface area contributed by atoms with Crippen LogP contribution in [0.25, 0.3) is 0 Å². The Morgan fingerprint density at radius 1 is 0.947 bits per heavy atom. The van der Waals surface area contributed by atoms with Crippen molar-refractivity contribution in [2.45, 2.75) is 85.5 Å². The number of oxime groups is 1. The van der Waals surface area contributed by atoms with E-state index in [0.717, 1.165) is 49.2 Å². The van der Waals surface area contributed by atoms with Crippen molar-refractivity contribution in [2.75, 3.05) is 31.2 Å². The lowest BCUT2D eigenvalue weighted by Gasteiger charge is -2.30. The van der Waals surface area contributed by atoms with Crippen LogP contribution in [-0.2, 0) is 10.2 Å². The first-order valence-electron chi connectivity index (χ1n) is 13.9. The average Bonchev–Trinajstić information content (AvgIpc) is 2.89. The fraction of sp³-hybridized carbons (Fsp3) is 0.548. The number of aromatic hydroxyl groups is 1. The zero-order chi connectivity index (χ0) is 28.1. The van der Waals surface area contributed by atoms with Gasteiger partial charge in [-0.15, -0.1) is 0 Å². The molecule has 2 N–H and O–H groups in total. The molecule has 38 heavy (non-hydrogen) atoms. The summed E-state index contributed by atoms with van der Waals surface area (Å²) >= 11 is 0. The number of esters is 1. The molecule has 2 rings (SSSR count). The Morgan fingerprint density at radius 3 is 2.24 bits per heavy atom. The van der Waals surface area contributed by atoms with E-state index >= 15 is 0 Å². The quantitative estimate of drug-likeness (QED) is 0.0831. The van der Waals surface area contributed by atoms with Gasteiger partial charge >= 0.3 is 5.97 Å². The van der Waals surface area contributed by atoms with Crippen LogP contribution in [0.2, 0.25) is 0 Å². The summed E-state index contributed by atoms with van der Waals surface area (Å²) < 4.78 is 11.1. The molecule has 0 spiro atoms. The Balaban J connectivity index is 2.04. The number of hydrogen-bond acceptors (Lipinski definition) is 7. The molecule has 0 amide bonds. The number of carbonyl (C=O) groups is 1. The maximum absolute atomic E-state index is 12.4. The second-order valence-electron chi connectivity index (χ2n) is 10.6. The largest absolute Gasteiger partial charge is 0.507 e. The van der Waals surface area contributed by atoms with Crippen LogP contribution in [0.1, 0.15) is 102 Å². The zero-order valence-corrected chi connectivity index (χ0v) is 24.0. The molecule has 0 aliphatic carbocycles. The summed E-state index contributed by atoms with van der Waals surface area (Å²) in [7, 11) is 0. The molecule has 7 nitrogen and oxygen atoms in total. The summed E-state index contributed by atoms with van der Waals surface area (Å²) in [4.78, 5) is 14.7. The van der Waals surface area contributed by atoms with Crippen LogP contribution < -0.4 is 9.64 Å². The number of carbonyl (C=O) groups excluding carboxylic acids is 1. The van der Waals surface area contributed by atoms with Crippen molar-refractivity contribution in [3.05, 3.63) is 53.1 Å². The second kappa shape index (κ2) is 15.3. The van der Waals surface area contributed by atoms with Crippen molar-refractivity contribution in [3.63, 3.8) is 0 Å². The predicted octanol–water partition coefficient (Wildman–Crippen LogP) is 7.31. The number of benzene rings is 2. The van der Waals surface area contributed by atoms with Crippen molar-refractivity contribution in [2.24, 2.45) is 5.16 Å². The van der Waals surface area contributed by atoms with Crippen molar-refractivity contribution in [1.82, 2.24) is 0 Å². The van der Waals surface area contributed by atoms with Gasteiger partial charge in [0, 0.05) is 30.4 Å². The number of phenolic OH excluding ortho intramolecular Hbond substituents is 1. The molecule has 0 atom stereocenters. The van der Waals surface area contributed by atoms with Gasteiger partial charge < -0.3 is 24.7 Å². The fourth-order valence-electron chi connectivity index (χ4n) is 4.38. The van der Waals surface area contributed by atoms with Crippen molar-refractivity contribution >= 4 is 17.4 Å². The van der Waals surface area contributed by atoms with Gasteiger partial charge in [-0.05, 0) is 55.5 Å². The molecule has 7 heteroatoms. The molecule has 0 bridgehead atoms. The number of anilines is 1. The molecule has 0 fully saturated rings. The van der Waals surface area contributed by atoms with Gasteiger partial charge in [-0.25, -0.2) is 4.79 Å². The van der Waals surface area contributed by atoms with E-state index in [4.69, 9.17) is 9.47 Å². The number of rotatable bonds is 15. The van der Waals surface area contributed by atoms with E-state index in [1.165, 1.54) is 31.4 Å². The summed E-state index contributed by atoms with van der Waals surface area (Å²) in [6.45, 7) is 15.1. The number of ether oxygens (including phenoxy) is 2. The molecule has 0 saturated heterocycles. The van der Waals surface area contributed by atoms with Gasteiger partial charge in [0.25, 0.3) is 0 Å². The summed E-state index contributed by atoms with van der Waals surface area (Å²) in [6, 6.07) is 10.5. The minimum absolute atomic E-state index is 0.00797. The first-order valence-corrected chi connectivity index (χ1v) is 13.9. The van der Waals surface area contributed by atoms with Gasteiger partial charge in [0.15, 0.2) is 0 Å². The van der Waals surface area contributed by atoms with Gasteiger partial charge in [-0.1, -0.05) is 71.0 Å². The van der Waals surface area contributed by atoms with Crippen molar-refractivity contribution < 1.29 is 24.6 Å². The molecule has 2 aromatic carbocycles. The van der Waals surface area contributed by atoms with Gasteiger partial charge in [0.2, 0.25) is 0 Å². The SMILES string of the molecule is CCCCCCCCOC(=O)c1ccc(OCC(=NO)c2ccc(N(CC)CC)c(C(C)(C)C)c2)cc1O. The third kappa shape index (κ3) is 8.96. The summed E-state index contributed by atoms with van der Waals surface area (Å²) in [6.07, 6.45) is 6.61. The first-order chi connectivity index (χ1) is 18.2. The van der Waals surface area contributed by atoms with E-state index < -0.39 is 5.97 Å². The minimum atomic E-state index is -0.553. The number of hydrogen-bond donors (Lipinski definition) is 2. The molecular weight excluding hydrogens is 480 g/mol. The van der Waals surface area contributed by atoms with Crippen LogP contribution in [0.4, 0.5) is 5.69 Å². The highest BCUT2D eigenvalue weighted by atomic mass is 16.5. The fourth-order valence-corrected chi connectivity index (χ4v) is 4.38. The lowest BCUT2D eigenvalue weighted by Crippen LogP contribution is -2.27. The van der Waals surface area contributed by atoms with Gasteiger partial charge in [-0.2, -0.15) is 0 Å².